The molecule has 1 heterocycles. The number of ether oxygens (including phenoxy) is 1. The molecule has 4 heteroatoms. The predicted octanol–water partition coefficient (Wildman–Crippen LogP) is 4.07. The van der Waals surface area contributed by atoms with Gasteiger partial charge in [0.2, 0.25) is 5.89 Å². The minimum atomic E-state index is -0.206. The van der Waals surface area contributed by atoms with Gasteiger partial charge < -0.3 is 9.15 Å². The van der Waals surface area contributed by atoms with Crippen LogP contribution in [0.4, 0.5) is 0 Å². The molecule has 0 aliphatic heterocycles. The molecule has 116 valence electrons. The fourth-order valence-electron chi connectivity index (χ4n) is 2.84. The van der Waals surface area contributed by atoms with Crippen molar-refractivity contribution in [3.63, 3.8) is 0 Å². The third kappa shape index (κ3) is 3.56. The number of benzene rings is 1. The Morgan fingerprint density at radius 1 is 1.23 bits per heavy atom. The molecular formula is C18H21NO3. The standard InChI is InChI=1S/C18H21NO3/c1-13-16(12-17(20)22-15-10-6-3-7-11-15)19-18(21-13)14-8-4-2-5-9-14/h2,4-5,8-9,15H,3,6-7,10-12H2,1H3. The fraction of sp³-hybridized carbons (Fsp3) is 0.444. The van der Waals surface area contributed by atoms with E-state index in [-0.39, 0.29) is 18.5 Å². The first kappa shape index (κ1) is 14.8. The van der Waals surface area contributed by atoms with Crippen molar-refractivity contribution >= 4 is 5.97 Å². The summed E-state index contributed by atoms with van der Waals surface area (Å²) in [5, 5.41) is 0. The van der Waals surface area contributed by atoms with E-state index in [9.17, 15) is 4.79 Å². The molecule has 1 aliphatic rings. The van der Waals surface area contributed by atoms with Crippen LogP contribution in [0.3, 0.4) is 0 Å². The largest absolute Gasteiger partial charge is 0.462 e. The van der Waals surface area contributed by atoms with Gasteiger partial charge in [-0.2, -0.15) is 0 Å². The number of aromatic nitrogens is 1. The van der Waals surface area contributed by atoms with Crippen LogP contribution in [0.5, 0.6) is 0 Å². The summed E-state index contributed by atoms with van der Waals surface area (Å²) in [6.07, 6.45) is 5.78. The fourth-order valence-corrected chi connectivity index (χ4v) is 2.84. The van der Waals surface area contributed by atoms with Crippen LogP contribution in [0.25, 0.3) is 11.5 Å². The lowest BCUT2D eigenvalue weighted by molar-refractivity contribution is -0.149. The number of carbonyl (C=O) groups excluding carboxylic acids is 1. The van der Waals surface area contributed by atoms with Crippen molar-refractivity contribution in [2.45, 2.75) is 51.6 Å². The van der Waals surface area contributed by atoms with Crippen molar-refractivity contribution < 1.29 is 13.9 Å². The number of hydrogen-bond acceptors (Lipinski definition) is 4. The quantitative estimate of drug-likeness (QED) is 0.799. The zero-order chi connectivity index (χ0) is 15.4. The van der Waals surface area contributed by atoms with Crippen LogP contribution in [-0.2, 0) is 16.0 Å². The molecule has 1 saturated carbocycles. The number of rotatable bonds is 4. The molecule has 0 amide bonds. The molecule has 2 aromatic rings. The zero-order valence-electron chi connectivity index (χ0n) is 12.9. The normalized spacial score (nSPS) is 15.7. The van der Waals surface area contributed by atoms with E-state index in [0.717, 1.165) is 31.2 Å². The van der Waals surface area contributed by atoms with E-state index in [1.54, 1.807) is 0 Å². The van der Waals surface area contributed by atoms with Crippen molar-refractivity contribution in [3.8, 4) is 11.5 Å². The molecule has 0 atom stereocenters. The maximum absolute atomic E-state index is 12.1. The summed E-state index contributed by atoms with van der Waals surface area (Å²) in [4.78, 5) is 16.5. The van der Waals surface area contributed by atoms with E-state index in [1.165, 1.54) is 6.42 Å². The molecule has 0 unspecified atom stereocenters. The van der Waals surface area contributed by atoms with E-state index in [1.807, 2.05) is 37.3 Å². The second kappa shape index (κ2) is 6.77. The Labute approximate surface area is 130 Å². The highest BCUT2D eigenvalue weighted by atomic mass is 16.5. The SMILES string of the molecule is Cc1oc(-c2ccccc2)nc1CC(=O)OC1CCCCC1. The summed E-state index contributed by atoms with van der Waals surface area (Å²) in [5.41, 5.74) is 1.58. The topological polar surface area (TPSA) is 52.3 Å². The van der Waals surface area contributed by atoms with Crippen LogP contribution in [0.1, 0.15) is 43.6 Å². The van der Waals surface area contributed by atoms with Gasteiger partial charge in [0.1, 0.15) is 11.9 Å². The lowest BCUT2D eigenvalue weighted by Gasteiger charge is -2.21. The Morgan fingerprint density at radius 3 is 2.68 bits per heavy atom. The monoisotopic (exact) mass is 299 g/mol. The first-order valence-corrected chi connectivity index (χ1v) is 7.93. The van der Waals surface area contributed by atoms with Gasteiger partial charge in [-0.15, -0.1) is 0 Å². The van der Waals surface area contributed by atoms with Gasteiger partial charge in [0, 0.05) is 5.56 Å². The molecular weight excluding hydrogens is 278 g/mol. The third-order valence-electron chi connectivity index (χ3n) is 4.08. The Bertz CT molecular complexity index is 627. The van der Waals surface area contributed by atoms with Crippen LogP contribution in [0.2, 0.25) is 0 Å². The molecule has 0 saturated heterocycles. The van der Waals surface area contributed by atoms with Crippen LogP contribution < -0.4 is 0 Å². The predicted molar refractivity (Wildman–Crippen MR) is 83.3 cm³/mol. The number of hydrogen-bond donors (Lipinski definition) is 0. The molecule has 1 aromatic heterocycles. The van der Waals surface area contributed by atoms with E-state index in [0.29, 0.717) is 17.3 Å². The highest BCUT2D eigenvalue weighted by Gasteiger charge is 2.20. The molecule has 1 fully saturated rings. The highest BCUT2D eigenvalue weighted by Crippen LogP contribution is 2.23. The van der Waals surface area contributed by atoms with E-state index >= 15 is 0 Å². The van der Waals surface area contributed by atoms with Gasteiger partial charge in [0.25, 0.3) is 0 Å². The summed E-state index contributed by atoms with van der Waals surface area (Å²) in [6.45, 7) is 1.84. The lowest BCUT2D eigenvalue weighted by atomic mass is 9.98. The summed E-state index contributed by atoms with van der Waals surface area (Å²) < 4.78 is 11.2. The first-order valence-electron chi connectivity index (χ1n) is 7.93. The van der Waals surface area contributed by atoms with E-state index < -0.39 is 0 Å². The number of esters is 1. The molecule has 4 nitrogen and oxygen atoms in total. The van der Waals surface area contributed by atoms with Crippen LogP contribution >= 0.6 is 0 Å². The molecule has 0 bridgehead atoms. The summed E-state index contributed by atoms with van der Waals surface area (Å²) in [6, 6.07) is 9.70. The van der Waals surface area contributed by atoms with Crippen LogP contribution in [0, 0.1) is 6.92 Å². The Kier molecular flexibility index (Phi) is 4.56. The maximum atomic E-state index is 12.1. The van der Waals surface area contributed by atoms with Crippen molar-refractivity contribution in [2.24, 2.45) is 0 Å². The number of nitrogens with zero attached hydrogens (tertiary/aromatic N) is 1. The average Bonchev–Trinajstić information content (AvgIpc) is 2.90. The molecule has 0 radical (unpaired) electrons. The summed E-state index contributed by atoms with van der Waals surface area (Å²) in [5.74, 6) is 1.03. The van der Waals surface area contributed by atoms with Gasteiger partial charge >= 0.3 is 5.97 Å². The number of oxazole rings is 1. The van der Waals surface area contributed by atoms with Crippen molar-refractivity contribution in [2.75, 3.05) is 0 Å². The van der Waals surface area contributed by atoms with Gasteiger partial charge in [0.05, 0.1) is 12.1 Å². The Balaban J connectivity index is 1.65. The molecule has 1 aromatic carbocycles. The highest BCUT2D eigenvalue weighted by molar-refractivity contribution is 5.72. The smallest absolute Gasteiger partial charge is 0.312 e. The number of aryl methyl sites for hydroxylation is 1. The molecule has 1 aliphatic carbocycles. The van der Waals surface area contributed by atoms with Gasteiger partial charge in [0.15, 0.2) is 0 Å². The van der Waals surface area contributed by atoms with Crippen molar-refractivity contribution in [1.29, 1.82) is 0 Å². The molecule has 3 rings (SSSR count). The Morgan fingerprint density at radius 2 is 1.95 bits per heavy atom. The summed E-state index contributed by atoms with van der Waals surface area (Å²) in [7, 11) is 0. The molecule has 22 heavy (non-hydrogen) atoms. The molecule has 0 N–H and O–H groups in total. The van der Waals surface area contributed by atoms with Crippen molar-refractivity contribution in [3.05, 3.63) is 41.8 Å². The second-order valence-electron chi connectivity index (χ2n) is 5.81. The second-order valence-corrected chi connectivity index (χ2v) is 5.81. The minimum absolute atomic E-state index is 0.0852. The van der Waals surface area contributed by atoms with Gasteiger partial charge in [-0.3, -0.25) is 4.79 Å². The van der Waals surface area contributed by atoms with Crippen LogP contribution in [0.15, 0.2) is 34.7 Å². The Hall–Kier alpha value is -2.10. The zero-order valence-corrected chi connectivity index (χ0v) is 12.9. The van der Waals surface area contributed by atoms with Crippen molar-refractivity contribution in [1.82, 2.24) is 4.98 Å². The lowest BCUT2D eigenvalue weighted by Crippen LogP contribution is -2.22. The third-order valence-corrected chi connectivity index (χ3v) is 4.08. The van der Waals surface area contributed by atoms with Gasteiger partial charge in [-0.1, -0.05) is 24.6 Å². The summed E-state index contributed by atoms with van der Waals surface area (Å²) >= 11 is 0. The average molecular weight is 299 g/mol. The molecule has 0 spiro atoms. The van der Waals surface area contributed by atoms with E-state index in [4.69, 9.17) is 9.15 Å². The van der Waals surface area contributed by atoms with Gasteiger partial charge in [-0.25, -0.2) is 4.98 Å². The number of carbonyl (C=O) groups is 1. The van der Waals surface area contributed by atoms with Crippen LogP contribution in [-0.4, -0.2) is 17.1 Å². The first-order chi connectivity index (χ1) is 10.7. The maximum Gasteiger partial charge on any atom is 0.312 e. The minimum Gasteiger partial charge on any atom is -0.462 e. The van der Waals surface area contributed by atoms with Gasteiger partial charge in [-0.05, 0) is 44.7 Å². The van der Waals surface area contributed by atoms with E-state index in [2.05, 4.69) is 4.98 Å².